The second kappa shape index (κ2) is 6.02. The predicted molar refractivity (Wildman–Crippen MR) is 66.4 cm³/mol. The molecule has 0 amide bonds. The van der Waals surface area contributed by atoms with Crippen molar-refractivity contribution >= 4 is 0 Å². The average Bonchev–Trinajstić information content (AvgIpc) is 2.87. The van der Waals surface area contributed by atoms with Gasteiger partial charge in [-0.15, -0.1) is 5.10 Å². The molecule has 0 saturated carbocycles. The van der Waals surface area contributed by atoms with Crippen LogP contribution in [0.25, 0.3) is 0 Å². The molecular weight excluding hydrogens is 232 g/mol. The Labute approximate surface area is 105 Å². The molecule has 0 aliphatic rings. The lowest BCUT2D eigenvalue weighted by Crippen LogP contribution is -2.08. The third-order valence-electron chi connectivity index (χ3n) is 2.43. The number of rotatable bonds is 6. The molecule has 0 unspecified atom stereocenters. The molecule has 0 saturated heterocycles. The molecule has 1 aromatic carbocycles. The molecule has 1 heterocycles. The van der Waals surface area contributed by atoms with Gasteiger partial charge in [0.1, 0.15) is 18.1 Å². The van der Waals surface area contributed by atoms with Gasteiger partial charge in [-0.05, 0) is 12.1 Å². The van der Waals surface area contributed by atoms with Crippen LogP contribution in [0.4, 0.5) is 0 Å². The first-order valence-corrected chi connectivity index (χ1v) is 5.68. The molecule has 0 aliphatic heterocycles. The maximum absolute atomic E-state index is 5.60. The first-order chi connectivity index (χ1) is 8.81. The average molecular weight is 248 g/mol. The van der Waals surface area contributed by atoms with Crippen LogP contribution in [0.2, 0.25) is 0 Å². The van der Waals surface area contributed by atoms with Crippen molar-refractivity contribution in [2.75, 3.05) is 13.7 Å². The van der Waals surface area contributed by atoms with E-state index in [1.54, 1.807) is 11.8 Å². The molecule has 0 fully saturated rings. The smallest absolute Gasteiger partial charge is 0.123 e. The minimum atomic E-state index is 0.400. The number of ether oxygens (including phenoxy) is 2. The fourth-order valence-electron chi connectivity index (χ4n) is 1.49. The molecule has 0 radical (unpaired) electrons. The zero-order valence-corrected chi connectivity index (χ0v) is 10.2. The van der Waals surface area contributed by atoms with Crippen LogP contribution >= 0.6 is 0 Å². The number of aromatic nitrogens is 3. The minimum absolute atomic E-state index is 0.400. The summed E-state index contributed by atoms with van der Waals surface area (Å²) in [5, 5.41) is 7.83. The minimum Gasteiger partial charge on any atom is -0.497 e. The van der Waals surface area contributed by atoms with Gasteiger partial charge in [0.25, 0.3) is 0 Å². The van der Waals surface area contributed by atoms with Gasteiger partial charge in [0.2, 0.25) is 0 Å². The summed E-state index contributed by atoms with van der Waals surface area (Å²) in [6.07, 6.45) is 1.81. The number of methoxy groups -OCH3 is 1. The van der Waals surface area contributed by atoms with Crippen LogP contribution in [0, 0.1) is 0 Å². The monoisotopic (exact) mass is 248 g/mol. The van der Waals surface area contributed by atoms with E-state index in [1.165, 1.54) is 0 Å². The quantitative estimate of drug-likeness (QED) is 0.819. The molecule has 0 atom stereocenters. The Morgan fingerprint density at radius 3 is 2.89 bits per heavy atom. The van der Waals surface area contributed by atoms with E-state index in [2.05, 4.69) is 10.3 Å². The summed E-state index contributed by atoms with van der Waals surface area (Å²) >= 11 is 0. The number of nitrogens with zero attached hydrogens (tertiary/aromatic N) is 3. The topological polar surface area (TPSA) is 75.2 Å². The van der Waals surface area contributed by atoms with Crippen LogP contribution < -0.4 is 15.2 Å². The van der Waals surface area contributed by atoms with E-state index in [0.29, 0.717) is 19.7 Å². The molecular formula is C12H16N4O2. The molecule has 6 nitrogen and oxygen atoms in total. The van der Waals surface area contributed by atoms with Crippen LogP contribution in [-0.4, -0.2) is 28.7 Å². The van der Waals surface area contributed by atoms with Crippen molar-refractivity contribution in [2.45, 2.75) is 13.1 Å². The van der Waals surface area contributed by atoms with Crippen LogP contribution in [-0.2, 0) is 13.1 Å². The predicted octanol–water partition coefficient (Wildman–Crippen LogP) is 0.824. The normalized spacial score (nSPS) is 10.3. The third-order valence-corrected chi connectivity index (χ3v) is 2.43. The maximum atomic E-state index is 5.60. The largest absolute Gasteiger partial charge is 0.497 e. The Bertz CT molecular complexity index is 498. The van der Waals surface area contributed by atoms with Crippen molar-refractivity contribution in [3.8, 4) is 11.5 Å². The number of hydrogen-bond acceptors (Lipinski definition) is 5. The van der Waals surface area contributed by atoms with Gasteiger partial charge in [0, 0.05) is 18.8 Å². The van der Waals surface area contributed by atoms with Gasteiger partial charge in [-0.3, -0.25) is 0 Å². The Morgan fingerprint density at radius 2 is 2.17 bits per heavy atom. The van der Waals surface area contributed by atoms with Gasteiger partial charge in [0.05, 0.1) is 19.3 Å². The highest BCUT2D eigenvalue weighted by molar-refractivity contribution is 5.32. The van der Waals surface area contributed by atoms with Crippen LogP contribution in [0.5, 0.6) is 11.5 Å². The molecule has 2 aromatic rings. The first-order valence-electron chi connectivity index (χ1n) is 5.68. The fraction of sp³-hybridized carbons (Fsp3) is 0.333. The molecule has 0 bridgehead atoms. The lowest BCUT2D eigenvalue weighted by molar-refractivity contribution is 0.288. The van der Waals surface area contributed by atoms with Crippen molar-refractivity contribution < 1.29 is 9.47 Å². The van der Waals surface area contributed by atoms with Crippen molar-refractivity contribution in [2.24, 2.45) is 5.73 Å². The lowest BCUT2D eigenvalue weighted by Gasteiger charge is -2.07. The van der Waals surface area contributed by atoms with E-state index in [1.807, 2.05) is 30.5 Å². The van der Waals surface area contributed by atoms with Gasteiger partial charge >= 0.3 is 0 Å². The molecule has 18 heavy (non-hydrogen) atoms. The van der Waals surface area contributed by atoms with Crippen LogP contribution in [0.15, 0.2) is 30.5 Å². The molecule has 6 heteroatoms. The van der Waals surface area contributed by atoms with Crippen molar-refractivity contribution in [3.05, 3.63) is 36.2 Å². The van der Waals surface area contributed by atoms with Gasteiger partial charge in [0.15, 0.2) is 0 Å². The highest BCUT2D eigenvalue weighted by Crippen LogP contribution is 2.18. The molecule has 96 valence electrons. The van der Waals surface area contributed by atoms with E-state index < -0.39 is 0 Å². The number of benzene rings is 1. The van der Waals surface area contributed by atoms with Gasteiger partial charge < -0.3 is 15.2 Å². The van der Waals surface area contributed by atoms with Crippen molar-refractivity contribution in [3.63, 3.8) is 0 Å². The Hall–Kier alpha value is -2.08. The number of nitrogens with two attached hydrogens (primary N) is 1. The fourth-order valence-corrected chi connectivity index (χ4v) is 1.49. The summed E-state index contributed by atoms with van der Waals surface area (Å²) in [6, 6.07) is 7.48. The Morgan fingerprint density at radius 1 is 1.33 bits per heavy atom. The SMILES string of the molecule is COc1cccc(OCCn2cc(CN)nn2)c1. The molecule has 2 rings (SSSR count). The summed E-state index contributed by atoms with van der Waals surface area (Å²) in [4.78, 5) is 0. The van der Waals surface area contributed by atoms with Gasteiger partial charge in [-0.1, -0.05) is 11.3 Å². The standard InChI is InChI=1S/C12H16N4O2/c1-17-11-3-2-4-12(7-11)18-6-5-16-9-10(8-13)14-15-16/h2-4,7,9H,5-6,8,13H2,1H3. The summed E-state index contributed by atoms with van der Waals surface area (Å²) in [5.74, 6) is 1.55. The summed E-state index contributed by atoms with van der Waals surface area (Å²) < 4.78 is 12.4. The molecule has 0 aliphatic carbocycles. The van der Waals surface area contributed by atoms with Crippen LogP contribution in [0.3, 0.4) is 0 Å². The summed E-state index contributed by atoms with van der Waals surface area (Å²) in [5.41, 5.74) is 6.23. The van der Waals surface area contributed by atoms with E-state index >= 15 is 0 Å². The van der Waals surface area contributed by atoms with Crippen LogP contribution in [0.1, 0.15) is 5.69 Å². The van der Waals surface area contributed by atoms with Crippen molar-refractivity contribution in [1.82, 2.24) is 15.0 Å². The van der Waals surface area contributed by atoms with E-state index in [4.69, 9.17) is 15.2 Å². The first kappa shape index (κ1) is 12.4. The zero-order chi connectivity index (χ0) is 12.8. The van der Waals surface area contributed by atoms with E-state index in [9.17, 15) is 0 Å². The van der Waals surface area contributed by atoms with Gasteiger partial charge in [-0.2, -0.15) is 0 Å². The molecule has 0 spiro atoms. The second-order valence-corrected chi connectivity index (χ2v) is 3.70. The zero-order valence-electron chi connectivity index (χ0n) is 10.2. The third kappa shape index (κ3) is 3.21. The lowest BCUT2D eigenvalue weighted by atomic mass is 10.3. The Kier molecular flexibility index (Phi) is 4.14. The van der Waals surface area contributed by atoms with E-state index in [0.717, 1.165) is 17.2 Å². The second-order valence-electron chi connectivity index (χ2n) is 3.70. The summed E-state index contributed by atoms with van der Waals surface area (Å²) in [7, 11) is 1.63. The molecule has 2 N–H and O–H groups in total. The number of hydrogen-bond donors (Lipinski definition) is 1. The summed E-state index contributed by atoms with van der Waals surface area (Å²) in [6.45, 7) is 1.54. The van der Waals surface area contributed by atoms with E-state index in [-0.39, 0.29) is 0 Å². The highest BCUT2D eigenvalue weighted by atomic mass is 16.5. The van der Waals surface area contributed by atoms with Crippen molar-refractivity contribution in [1.29, 1.82) is 0 Å². The Balaban J connectivity index is 1.84. The van der Waals surface area contributed by atoms with Gasteiger partial charge in [-0.25, -0.2) is 4.68 Å². The highest BCUT2D eigenvalue weighted by Gasteiger charge is 2.00. The maximum Gasteiger partial charge on any atom is 0.123 e. The molecule has 1 aromatic heterocycles.